The van der Waals surface area contributed by atoms with Gasteiger partial charge in [0.1, 0.15) is 0 Å². The van der Waals surface area contributed by atoms with Crippen LogP contribution in [0.1, 0.15) is 28.9 Å². The molecule has 0 aliphatic rings. The van der Waals surface area contributed by atoms with Crippen LogP contribution in [0, 0.1) is 10.1 Å². The number of non-ortho nitro benzene ring substituents is 1. The summed E-state index contributed by atoms with van der Waals surface area (Å²) < 4.78 is 5.26. The van der Waals surface area contributed by atoms with Crippen LogP contribution >= 0.6 is 0 Å². The van der Waals surface area contributed by atoms with Gasteiger partial charge < -0.3 is 10.1 Å². The van der Waals surface area contributed by atoms with Crippen LogP contribution in [0.15, 0.2) is 54.6 Å². The van der Waals surface area contributed by atoms with E-state index in [1.54, 1.807) is 37.3 Å². The second-order valence-electron chi connectivity index (χ2n) is 5.35. The smallest absolute Gasteiger partial charge is 0.339 e. The largest absolute Gasteiger partial charge is 0.444 e. The minimum Gasteiger partial charge on any atom is -0.444 e. The van der Waals surface area contributed by atoms with Gasteiger partial charge in [-0.15, -0.1) is 0 Å². The molecule has 9 heteroatoms. The molecule has 0 fully saturated rings. The van der Waals surface area contributed by atoms with Crippen molar-refractivity contribution >= 4 is 23.6 Å². The molecule has 2 aromatic carbocycles. The van der Waals surface area contributed by atoms with Crippen molar-refractivity contribution in [2.45, 2.75) is 13.0 Å². The van der Waals surface area contributed by atoms with E-state index in [1.165, 1.54) is 12.1 Å². The van der Waals surface area contributed by atoms with Crippen LogP contribution in [-0.2, 0) is 9.53 Å². The van der Waals surface area contributed by atoms with Gasteiger partial charge >= 0.3 is 12.0 Å². The average Bonchev–Trinajstić information content (AvgIpc) is 2.66. The fraction of sp³-hybridized carbons (Fsp3) is 0.167. The summed E-state index contributed by atoms with van der Waals surface area (Å²) in [6.45, 7) is 2.01. The van der Waals surface area contributed by atoms with Crippen molar-refractivity contribution in [3.8, 4) is 0 Å². The molecule has 0 heterocycles. The predicted octanol–water partition coefficient (Wildman–Crippen LogP) is 2.34. The molecule has 27 heavy (non-hydrogen) atoms. The number of hydrogen-bond donors (Lipinski definition) is 2. The van der Waals surface area contributed by atoms with Crippen molar-refractivity contribution in [3.63, 3.8) is 0 Å². The molecule has 3 amide bonds. The minimum absolute atomic E-state index is 0.0346. The summed E-state index contributed by atoms with van der Waals surface area (Å²) in [4.78, 5) is 46.4. The zero-order chi connectivity index (χ0) is 19.8. The number of urea groups is 1. The number of amides is 3. The summed E-state index contributed by atoms with van der Waals surface area (Å²) in [5.41, 5.74) is 0.224. The van der Waals surface area contributed by atoms with Crippen molar-refractivity contribution in [1.82, 2.24) is 10.6 Å². The normalized spacial score (nSPS) is 11.1. The third kappa shape index (κ3) is 5.36. The Morgan fingerprint density at radius 2 is 1.70 bits per heavy atom. The highest BCUT2D eigenvalue weighted by Gasteiger charge is 2.27. The maximum Gasteiger partial charge on any atom is 0.339 e. The highest BCUT2D eigenvalue weighted by Crippen LogP contribution is 2.20. The quantitative estimate of drug-likeness (QED) is 0.456. The van der Waals surface area contributed by atoms with Gasteiger partial charge in [0, 0.05) is 24.2 Å². The zero-order valence-electron chi connectivity index (χ0n) is 14.4. The molecule has 140 valence electrons. The average molecular weight is 371 g/mol. The fourth-order valence-electron chi connectivity index (χ4n) is 2.18. The number of carbonyl (C=O) groups is 3. The summed E-state index contributed by atoms with van der Waals surface area (Å²) in [5, 5.41) is 15.2. The molecule has 0 aliphatic heterocycles. The van der Waals surface area contributed by atoms with Gasteiger partial charge in [-0.2, -0.15) is 0 Å². The molecule has 0 radical (unpaired) electrons. The first kappa shape index (κ1) is 19.6. The Hall–Kier alpha value is -3.75. The van der Waals surface area contributed by atoms with Gasteiger partial charge in [-0.3, -0.25) is 20.2 Å². The van der Waals surface area contributed by atoms with Crippen LogP contribution < -0.4 is 10.6 Å². The van der Waals surface area contributed by atoms with E-state index in [2.05, 4.69) is 10.6 Å². The van der Waals surface area contributed by atoms with E-state index in [0.717, 1.165) is 12.1 Å². The first-order valence-electron chi connectivity index (χ1n) is 8.01. The lowest BCUT2D eigenvalue weighted by Crippen LogP contribution is -2.42. The number of nitrogens with zero attached hydrogens (tertiary/aromatic N) is 1. The number of imide groups is 1. The van der Waals surface area contributed by atoms with Crippen molar-refractivity contribution in [3.05, 3.63) is 75.8 Å². The lowest BCUT2D eigenvalue weighted by molar-refractivity contribution is -0.384. The maximum absolute atomic E-state index is 12.4. The Kier molecular flexibility index (Phi) is 6.59. The first-order chi connectivity index (χ1) is 12.9. The van der Waals surface area contributed by atoms with Gasteiger partial charge in [-0.1, -0.05) is 30.3 Å². The van der Waals surface area contributed by atoms with Crippen LogP contribution in [0.2, 0.25) is 0 Å². The molecule has 2 rings (SSSR count). The van der Waals surface area contributed by atoms with Crippen LogP contribution in [0.25, 0.3) is 0 Å². The van der Waals surface area contributed by atoms with Crippen LogP contribution in [0.5, 0.6) is 0 Å². The molecule has 0 aromatic heterocycles. The number of rotatable bonds is 6. The molecule has 0 bridgehead atoms. The maximum atomic E-state index is 12.4. The lowest BCUT2D eigenvalue weighted by Gasteiger charge is -2.17. The number of benzene rings is 2. The molecular formula is C18H17N3O6. The van der Waals surface area contributed by atoms with E-state index < -0.39 is 28.9 Å². The van der Waals surface area contributed by atoms with E-state index in [-0.39, 0.29) is 11.3 Å². The van der Waals surface area contributed by atoms with E-state index in [9.17, 15) is 24.5 Å². The third-order valence-electron chi connectivity index (χ3n) is 3.45. The topological polar surface area (TPSA) is 128 Å². The Labute approximate surface area is 154 Å². The monoisotopic (exact) mass is 371 g/mol. The van der Waals surface area contributed by atoms with Gasteiger partial charge in [0.2, 0.25) is 6.10 Å². The second-order valence-corrected chi connectivity index (χ2v) is 5.35. The lowest BCUT2D eigenvalue weighted by atomic mass is 10.1. The standard InChI is InChI=1S/C18H17N3O6/c1-2-19-18(24)20-16(22)15(12-6-4-3-5-7-12)27-17(23)13-8-10-14(11-9-13)21(25)26/h3-11,15H,2H2,1H3,(H2,19,20,22,24)/t15-/m0/s1. The van der Waals surface area contributed by atoms with Crippen molar-refractivity contribution < 1.29 is 24.0 Å². The number of nitro groups is 1. The summed E-state index contributed by atoms with van der Waals surface area (Å²) in [5.74, 6) is -1.67. The molecular weight excluding hydrogens is 354 g/mol. The highest BCUT2D eigenvalue weighted by atomic mass is 16.6. The highest BCUT2D eigenvalue weighted by molar-refractivity contribution is 5.99. The number of esters is 1. The second kappa shape index (κ2) is 9.09. The van der Waals surface area contributed by atoms with E-state index in [4.69, 9.17) is 4.74 Å². The molecule has 2 N–H and O–H groups in total. The molecule has 0 aliphatic carbocycles. The Morgan fingerprint density at radius 1 is 1.07 bits per heavy atom. The number of nitro benzene ring substituents is 1. The van der Waals surface area contributed by atoms with Gasteiger partial charge in [0.15, 0.2) is 0 Å². The predicted molar refractivity (Wildman–Crippen MR) is 94.9 cm³/mol. The zero-order valence-corrected chi connectivity index (χ0v) is 14.4. The van der Waals surface area contributed by atoms with Gasteiger partial charge in [-0.05, 0) is 19.1 Å². The molecule has 1 atom stereocenters. The Balaban J connectivity index is 2.20. The van der Waals surface area contributed by atoms with Crippen molar-refractivity contribution in [2.24, 2.45) is 0 Å². The summed E-state index contributed by atoms with van der Waals surface area (Å²) in [7, 11) is 0. The Morgan fingerprint density at radius 3 is 2.26 bits per heavy atom. The van der Waals surface area contributed by atoms with Gasteiger partial charge in [-0.25, -0.2) is 9.59 Å². The third-order valence-corrected chi connectivity index (χ3v) is 3.45. The van der Waals surface area contributed by atoms with Crippen LogP contribution in [-0.4, -0.2) is 29.4 Å². The fourth-order valence-corrected chi connectivity index (χ4v) is 2.18. The summed E-state index contributed by atoms with van der Waals surface area (Å²) in [6, 6.07) is 12.2. The van der Waals surface area contributed by atoms with Crippen LogP contribution in [0.4, 0.5) is 10.5 Å². The summed E-state index contributed by atoms with van der Waals surface area (Å²) in [6.07, 6.45) is -1.36. The molecule has 0 saturated carbocycles. The number of carbonyl (C=O) groups excluding carboxylic acids is 3. The molecule has 0 unspecified atom stereocenters. The Bertz CT molecular complexity index is 836. The van der Waals surface area contributed by atoms with Crippen molar-refractivity contribution in [1.29, 1.82) is 0 Å². The van der Waals surface area contributed by atoms with E-state index >= 15 is 0 Å². The van der Waals surface area contributed by atoms with Crippen molar-refractivity contribution in [2.75, 3.05) is 6.54 Å². The SMILES string of the molecule is CCNC(=O)NC(=O)[C@@H](OC(=O)c1ccc([N+](=O)[O-])cc1)c1ccccc1. The number of hydrogen-bond acceptors (Lipinski definition) is 6. The number of nitrogens with one attached hydrogen (secondary N) is 2. The molecule has 0 spiro atoms. The van der Waals surface area contributed by atoms with Crippen LogP contribution in [0.3, 0.4) is 0 Å². The summed E-state index contributed by atoms with van der Waals surface area (Å²) >= 11 is 0. The molecule has 2 aromatic rings. The van der Waals surface area contributed by atoms with E-state index in [0.29, 0.717) is 12.1 Å². The minimum atomic E-state index is -1.36. The first-order valence-corrected chi connectivity index (χ1v) is 8.01. The number of ether oxygens (including phenoxy) is 1. The molecule has 0 saturated heterocycles. The van der Waals surface area contributed by atoms with Gasteiger partial charge in [0.05, 0.1) is 10.5 Å². The molecule has 9 nitrogen and oxygen atoms in total. The van der Waals surface area contributed by atoms with Gasteiger partial charge in [0.25, 0.3) is 11.6 Å². The van der Waals surface area contributed by atoms with E-state index in [1.807, 2.05) is 0 Å².